The number of nitrogens with zero attached hydrogens (tertiary/aromatic N) is 2. The lowest BCUT2D eigenvalue weighted by Crippen LogP contribution is -2.39. The van der Waals surface area contributed by atoms with Crippen LogP contribution in [0, 0.1) is 6.92 Å². The van der Waals surface area contributed by atoms with E-state index >= 15 is 0 Å². The second kappa shape index (κ2) is 8.67. The van der Waals surface area contributed by atoms with Crippen molar-refractivity contribution < 1.29 is 0 Å². The summed E-state index contributed by atoms with van der Waals surface area (Å²) in [5.74, 6) is 0.824. The standard InChI is InChI=1S/C18H26N4S/c1-5-15-6-8-16(9-7-15)14(3)22-18(19-4)20-11-10-17-21-12-13(2)23-17/h6-9,12,14H,5,10-11H2,1-4H3,(H2,19,20,22). The zero-order chi connectivity index (χ0) is 16.7. The van der Waals surface area contributed by atoms with Crippen molar-refractivity contribution in [1.82, 2.24) is 15.6 Å². The van der Waals surface area contributed by atoms with Crippen molar-refractivity contribution in [2.24, 2.45) is 4.99 Å². The molecule has 4 nitrogen and oxygen atoms in total. The van der Waals surface area contributed by atoms with Crippen molar-refractivity contribution in [1.29, 1.82) is 0 Å². The molecule has 0 saturated heterocycles. The van der Waals surface area contributed by atoms with Crippen molar-refractivity contribution in [3.05, 3.63) is 51.5 Å². The molecule has 2 aromatic rings. The molecular weight excluding hydrogens is 304 g/mol. The Kier molecular flexibility index (Phi) is 6.59. The molecule has 0 aliphatic carbocycles. The van der Waals surface area contributed by atoms with Gasteiger partial charge in [-0.1, -0.05) is 31.2 Å². The van der Waals surface area contributed by atoms with Crippen molar-refractivity contribution >= 4 is 17.3 Å². The predicted octanol–water partition coefficient (Wildman–Crippen LogP) is 3.48. The highest BCUT2D eigenvalue weighted by Crippen LogP contribution is 2.14. The molecule has 0 spiro atoms. The van der Waals surface area contributed by atoms with Crippen LogP contribution in [0.2, 0.25) is 0 Å². The van der Waals surface area contributed by atoms with E-state index in [1.54, 1.807) is 18.4 Å². The van der Waals surface area contributed by atoms with Gasteiger partial charge in [0.25, 0.3) is 0 Å². The lowest BCUT2D eigenvalue weighted by Gasteiger charge is -2.18. The highest BCUT2D eigenvalue weighted by Gasteiger charge is 2.08. The van der Waals surface area contributed by atoms with Crippen LogP contribution in [0.15, 0.2) is 35.5 Å². The molecule has 0 amide bonds. The van der Waals surface area contributed by atoms with Crippen LogP contribution in [0.1, 0.15) is 40.9 Å². The molecule has 124 valence electrons. The highest BCUT2D eigenvalue weighted by molar-refractivity contribution is 7.11. The number of thiazole rings is 1. The molecule has 0 saturated carbocycles. The smallest absolute Gasteiger partial charge is 0.191 e. The zero-order valence-electron chi connectivity index (χ0n) is 14.4. The third-order valence-electron chi connectivity index (χ3n) is 3.77. The van der Waals surface area contributed by atoms with Gasteiger partial charge < -0.3 is 10.6 Å². The Labute approximate surface area is 143 Å². The first-order valence-corrected chi connectivity index (χ1v) is 8.91. The molecule has 1 atom stereocenters. The number of hydrogen-bond donors (Lipinski definition) is 2. The van der Waals surface area contributed by atoms with E-state index in [1.165, 1.54) is 16.0 Å². The van der Waals surface area contributed by atoms with E-state index in [0.29, 0.717) is 0 Å². The van der Waals surface area contributed by atoms with Crippen LogP contribution in [0.3, 0.4) is 0 Å². The van der Waals surface area contributed by atoms with Crippen LogP contribution in [-0.2, 0) is 12.8 Å². The van der Waals surface area contributed by atoms with Crippen LogP contribution in [-0.4, -0.2) is 24.5 Å². The van der Waals surface area contributed by atoms with Gasteiger partial charge in [-0.15, -0.1) is 11.3 Å². The van der Waals surface area contributed by atoms with Gasteiger partial charge in [-0.3, -0.25) is 4.99 Å². The molecule has 0 aliphatic rings. The second-order valence-corrected chi connectivity index (χ2v) is 6.89. The van der Waals surface area contributed by atoms with Crippen LogP contribution >= 0.6 is 11.3 Å². The van der Waals surface area contributed by atoms with E-state index in [4.69, 9.17) is 0 Å². The van der Waals surface area contributed by atoms with Crippen molar-refractivity contribution in [3.63, 3.8) is 0 Å². The minimum Gasteiger partial charge on any atom is -0.356 e. The third kappa shape index (κ3) is 5.36. The first-order valence-electron chi connectivity index (χ1n) is 8.09. The minimum atomic E-state index is 0.217. The molecule has 0 aliphatic heterocycles. The zero-order valence-corrected chi connectivity index (χ0v) is 15.2. The third-order valence-corrected chi connectivity index (χ3v) is 4.74. The number of benzene rings is 1. The first kappa shape index (κ1) is 17.5. The maximum Gasteiger partial charge on any atom is 0.191 e. The summed E-state index contributed by atoms with van der Waals surface area (Å²) in [5, 5.41) is 7.95. The Hall–Kier alpha value is -1.88. The molecule has 1 aromatic carbocycles. The Bertz CT molecular complexity index is 631. The fourth-order valence-corrected chi connectivity index (χ4v) is 3.12. The van der Waals surface area contributed by atoms with Crippen molar-refractivity contribution in [3.8, 4) is 0 Å². The second-order valence-electron chi connectivity index (χ2n) is 5.57. The summed E-state index contributed by atoms with van der Waals surface area (Å²) in [6.45, 7) is 7.24. The summed E-state index contributed by atoms with van der Waals surface area (Å²) in [5.41, 5.74) is 2.63. The number of rotatable bonds is 6. The lowest BCUT2D eigenvalue weighted by atomic mass is 10.1. The summed E-state index contributed by atoms with van der Waals surface area (Å²) >= 11 is 1.75. The maximum atomic E-state index is 4.38. The largest absolute Gasteiger partial charge is 0.356 e. The van der Waals surface area contributed by atoms with Crippen LogP contribution in [0.4, 0.5) is 0 Å². The number of aliphatic imine (C=N–C) groups is 1. The Morgan fingerprint density at radius 1 is 1.30 bits per heavy atom. The molecule has 0 fully saturated rings. The average molecular weight is 331 g/mol. The molecule has 2 N–H and O–H groups in total. The molecule has 1 aromatic heterocycles. The van der Waals surface area contributed by atoms with Gasteiger partial charge in [-0.05, 0) is 31.4 Å². The number of guanidine groups is 1. The van der Waals surface area contributed by atoms with E-state index in [-0.39, 0.29) is 6.04 Å². The Morgan fingerprint density at radius 2 is 2.04 bits per heavy atom. The van der Waals surface area contributed by atoms with Gasteiger partial charge in [0.2, 0.25) is 0 Å². The van der Waals surface area contributed by atoms with Crippen LogP contribution in [0.5, 0.6) is 0 Å². The van der Waals surface area contributed by atoms with E-state index in [1.807, 2.05) is 6.20 Å². The number of nitrogens with one attached hydrogen (secondary N) is 2. The first-order chi connectivity index (χ1) is 11.1. The fraction of sp³-hybridized carbons (Fsp3) is 0.444. The Morgan fingerprint density at radius 3 is 2.61 bits per heavy atom. The molecule has 5 heteroatoms. The van der Waals surface area contributed by atoms with Gasteiger partial charge in [0.15, 0.2) is 5.96 Å². The monoisotopic (exact) mass is 330 g/mol. The lowest BCUT2D eigenvalue weighted by molar-refractivity contribution is 0.683. The fourth-order valence-electron chi connectivity index (χ4n) is 2.33. The van der Waals surface area contributed by atoms with E-state index < -0.39 is 0 Å². The minimum absolute atomic E-state index is 0.217. The topological polar surface area (TPSA) is 49.3 Å². The number of hydrogen-bond acceptors (Lipinski definition) is 3. The summed E-state index contributed by atoms with van der Waals surface area (Å²) in [7, 11) is 1.80. The number of aromatic nitrogens is 1. The van der Waals surface area contributed by atoms with E-state index in [2.05, 4.69) is 65.6 Å². The normalized spacial score (nSPS) is 13.0. The summed E-state index contributed by atoms with van der Waals surface area (Å²) in [6.07, 6.45) is 3.91. The van der Waals surface area contributed by atoms with Crippen LogP contribution in [0.25, 0.3) is 0 Å². The van der Waals surface area contributed by atoms with Gasteiger partial charge >= 0.3 is 0 Å². The summed E-state index contributed by atoms with van der Waals surface area (Å²) in [4.78, 5) is 9.94. The molecule has 0 bridgehead atoms. The molecule has 23 heavy (non-hydrogen) atoms. The number of aryl methyl sites for hydroxylation is 2. The molecular formula is C18H26N4S. The molecule has 1 heterocycles. The van der Waals surface area contributed by atoms with Gasteiger partial charge in [0.05, 0.1) is 11.0 Å². The van der Waals surface area contributed by atoms with Crippen molar-refractivity contribution in [2.45, 2.75) is 39.7 Å². The van der Waals surface area contributed by atoms with Gasteiger partial charge in [-0.25, -0.2) is 4.98 Å². The van der Waals surface area contributed by atoms with Gasteiger partial charge in [0.1, 0.15) is 0 Å². The van der Waals surface area contributed by atoms with E-state index in [9.17, 15) is 0 Å². The van der Waals surface area contributed by atoms with E-state index in [0.717, 1.165) is 30.4 Å². The predicted molar refractivity (Wildman–Crippen MR) is 99.3 cm³/mol. The average Bonchev–Trinajstić information content (AvgIpc) is 2.99. The highest BCUT2D eigenvalue weighted by atomic mass is 32.1. The quantitative estimate of drug-likeness (QED) is 0.630. The van der Waals surface area contributed by atoms with Gasteiger partial charge in [-0.2, -0.15) is 0 Å². The molecule has 2 rings (SSSR count). The van der Waals surface area contributed by atoms with Crippen molar-refractivity contribution in [2.75, 3.05) is 13.6 Å². The summed E-state index contributed by atoms with van der Waals surface area (Å²) in [6, 6.07) is 8.96. The molecule has 0 radical (unpaired) electrons. The summed E-state index contributed by atoms with van der Waals surface area (Å²) < 4.78 is 0. The SMILES string of the molecule is CCc1ccc(C(C)NC(=NC)NCCc2ncc(C)s2)cc1. The maximum absolute atomic E-state index is 4.38. The Balaban J connectivity index is 1.83. The molecule has 1 unspecified atom stereocenters. The van der Waals surface area contributed by atoms with Gasteiger partial charge in [0, 0.05) is 31.1 Å². The van der Waals surface area contributed by atoms with Crippen LogP contribution < -0.4 is 10.6 Å².